The first-order chi connectivity index (χ1) is 7.10. The van der Waals surface area contributed by atoms with Gasteiger partial charge in [0.2, 0.25) is 0 Å². The summed E-state index contributed by atoms with van der Waals surface area (Å²) in [5, 5.41) is 0. The lowest BCUT2D eigenvalue weighted by atomic mass is 9.95. The number of hydrogen-bond donors (Lipinski definition) is 1. The summed E-state index contributed by atoms with van der Waals surface area (Å²) in [6.07, 6.45) is 2.66. The molecule has 1 unspecified atom stereocenters. The zero-order valence-electron chi connectivity index (χ0n) is 9.70. The predicted molar refractivity (Wildman–Crippen MR) is 57.6 cm³/mol. The van der Waals surface area contributed by atoms with Crippen molar-refractivity contribution in [2.24, 2.45) is 5.92 Å². The Kier molecular flexibility index (Phi) is 3.88. The predicted octanol–water partition coefficient (Wildman–Crippen LogP) is 1.88. The average Bonchev–Trinajstić information content (AvgIpc) is 2.65. The fraction of sp³-hybridized carbons (Fsp3) is 0.636. The Morgan fingerprint density at radius 2 is 2.27 bits per heavy atom. The second-order valence-corrected chi connectivity index (χ2v) is 3.89. The van der Waals surface area contributed by atoms with E-state index in [1.54, 1.807) is 6.20 Å². The number of rotatable bonds is 4. The Labute approximate surface area is 90.1 Å². The SMILES string of the molecule is CCc1cnc(C(C(=O)OC)C(C)C)[nH]1. The van der Waals surface area contributed by atoms with Crippen LogP contribution in [0.3, 0.4) is 0 Å². The molecule has 4 heteroatoms. The largest absolute Gasteiger partial charge is 0.468 e. The highest BCUT2D eigenvalue weighted by atomic mass is 16.5. The lowest BCUT2D eigenvalue weighted by molar-refractivity contribution is -0.143. The van der Waals surface area contributed by atoms with Crippen molar-refractivity contribution in [3.05, 3.63) is 17.7 Å². The van der Waals surface area contributed by atoms with Gasteiger partial charge in [0.1, 0.15) is 11.7 Å². The van der Waals surface area contributed by atoms with Crippen molar-refractivity contribution in [3.63, 3.8) is 0 Å². The van der Waals surface area contributed by atoms with E-state index in [9.17, 15) is 4.79 Å². The molecular weight excluding hydrogens is 192 g/mol. The number of aromatic nitrogens is 2. The van der Waals surface area contributed by atoms with Gasteiger partial charge in [0.05, 0.1) is 7.11 Å². The van der Waals surface area contributed by atoms with Crippen LogP contribution < -0.4 is 0 Å². The van der Waals surface area contributed by atoms with Crippen molar-refractivity contribution in [3.8, 4) is 0 Å². The second kappa shape index (κ2) is 4.96. The molecule has 4 nitrogen and oxygen atoms in total. The molecule has 1 rings (SSSR count). The van der Waals surface area contributed by atoms with Gasteiger partial charge >= 0.3 is 5.97 Å². The van der Waals surface area contributed by atoms with Crippen molar-refractivity contribution < 1.29 is 9.53 Å². The van der Waals surface area contributed by atoms with Crippen LogP contribution in [0.5, 0.6) is 0 Å². The number of esters is 1. The topological polar surface area (TPSA) is 55.0 Å². The number of aromatic amines is 1. The molecule has 0 aliphatic carbocycles. The first kappa shape index (κ1) is 11.8. The standard InChI is InChI=1S/C11H18N2O2/c1-5-8-6-12-10(13-8)9(7(2)3)11(14)15-4/h6-7,9H,5H2,1-4H3,(H,12,13). The summed E-state index contributed by atoms with van der Waals surface area (Å²) in [7, 11) is 1.40. The number of nitrogens with one attached hydrogen (secondary N) is 1. The number of nitrogens with zero attached hydrogens (tertiary/aromatic N) is 1. The lowest BCUT2D eigenvalue weighted by Gasteiger charge is -2.15. The lowest BCUT2D eigenvalue weighted by Crippen LogP contribution is -2.20. The summed E-state index contributed by atoms with van der Waals surface area (Å²) in [4.78, 5) is 18.9. The molecule has 0 spiro atoms. The highest BCUT2D eigenvalue weighted by Crippen LogP contribution is 2.23. The minimum absolute atomic E-state index is 0.174. The normalized spacial score (nSPS) is 12.9. The van der Waals surface area contributed by atoms with Gasteiger partial charge in [-0.25, -0.2) is 4.98 Å². The Morgan fingerprint density at radius 1 is 1.60 bits per heavy atom. The van der Waals surface area contributed by atoms with Gasteiger partial charge in [0.15, 0.2) is 0 Å². The molecule has 0 radical (unpaired) electrons. The monoisotopic (exact) mass is 210 g/mol. The van der Waals surface area contributed by atoms with Crippen LogP contribution in [0, 0.1) is 5.92 Å². The van der Waals surface area contributed by atoms with Crippen LogP contribution in [-0.2, 0) is 16.0 Å². The number of carbonyl (C=O) groups is 1. The first-order valence-electron chi connectivity index (χ1n) is 5.21. The number of ether oxygens (including phenoxy) is 1. The number of H-pyrrole nitrogens is 1. The molecule has 15 heavy (non-hydrogen) atoms. The number of hydrogen-bond acceptors (Lipinski definition) is 3. The molecule has 84 valence electrons. The maximum Gasteiger partial charge on any atom is 0.316 e. The quantitative estimate of drug-likeness (QED) is 0.772. The van der Waals surface area contributed by atoms with Gasteiger partial charge in [-0.15, -0.1) is 0 Å². The van der Waals surface area contributed by atoms with Crippen molar-refractivity contribution in [1.82, 2.24) is 9.97 Å². The Hall–Kier alpha value is -1.32. The first-order valence-corrected chi connectivity index (χ1v) is 5.21. The fourth-order valence-electron chi connectivity index (χ4n) is 1.54. The molecule has 0 bridgehead atoms. The van der Waals surface area contributed by atoms with Gasteiger partial charge in [-0.05, 0) is 12.3 Å². The minimum atomic E-state index is -0.296. The third-order valence-corrected chi connectivity index (χ3v) is 2.45. The summed E-state index contributed by atoms with van der Waals surface area (Å²) in [6, 6.07) is 0. The van der Waals surface area contributed by atoms with E-state index >= 15 is 0 Å². The van der Waals surface area contributed by atoms with Gasteiger partial charge in [0.25, 0.3) is 0 Å². The van der Waals surface area contributed by atoms with Crippen LogP contribution in [-0.4, -0.2) is 23.0 Å². The molecule has 1 aromatic rings. The van der Waals surface area contributed by atoms with E-state index < -0.39 is 0 Å². The molecule has 0 saturated carbocycles. The maximum atomic E-state index is 11.6. The average molecular weight is 210 g/mol. The molecule has 0 aromatic carbocycles. The summed E-state index contributed by atoms with van der Waals surface area (Å²) >= 11 is 0. The van der Waals surface area contributed by atoms with Crippen molar-refractivity contribution in [2.75, 3.05) is 7.11 Å². The minimum Gasteiger partial charge on any atom is -0.468 e. The Morgan fingerprint density at radius 3 is 2.67 bits per heavy atom. The highest BCUT2D eigenvalue weighted by molar-refractivity contribution is 5.77. The number of methoxy groups -OCH3 is 1. The number of carbonyl (C=O) groups excluding carboxylic acids is 1. The number of imidazole rings is 1. The smallest absolute Gasteiger partial charge is 0.316 e. The number of aryl methyl sites for hydroxylation is 1. The highest BCUT2D eigenvalue weighted by Gasteiger charge is 2.27. The van der Waals surface area contributed by atoms with E-state index in [4.69, 9.17) is 4.74 Å². The van der Waals surface area contributed by atoms with E-state index in [0.29, 0.717) is 5.82 Å². The van der Waals surface area contributed by atoms with Gasteiger partial charge in [0, 0.05) is 11.9 Å². The van der Waals surface area contributed by atoms with Crippen LogP contribution in [0.4, 0.5) is 0 Å². The van der Waals surface area contributed by atoms with Gasteiger partial charge in [-0.2, -0.15) is 0 Å². The summed E-state index contributed by atoms with van der Waals surface area (Å²) in [6.45, 7) is 6.01. The van der Waals surface area contributed by atoms with E-state index in [-0.39, 0.29) is 17.8 Å². The fourth-order valence-corrected chi connectivity index (χ4v) is 1.54. The molecule has 0 aliphatic heterocycles. The van der Waals surface area contributed by atoms with Crippen molar-refractivity contribution in [2.45, 2.75) is 33.1 Å². The van der Waals surface area contributed by atoms with Crippen molar-refractivity contribution >= 4 is 5.97 Å². The zero-order chi connectivity index (χ0) is 11.4. The molecular formula is C11H18N2O2. The molecule has 0 fully saturated rings. The van der Waals surface area contributed by atoms with Crippen LogP contribution in [0.25, 0.3) is 0 Å². The zero-order valence-corrected chi connectivity index (χ0v) is 9.70. The molecule has 1 heterocycles. The van der Waals surface area contributed by atoms with E-state index in [1.807, 2.05) is 20.8 Å². The summed E-state index contributed by atoms with van der Waals surface area (Å²) in [5.74, 6) is 0.347. The van der Waals surface area contributed by atoms with Crippen LogP contribution in [0.1, 0.15) is 38.2 Å². The summed E-state index contributed by atoms with van der Waals surface area (Å²) < 4.78 is 4.77. The van der Waals surface area contributed by atoms with Crippen molar-refractivity contribution in [1.29, 1.82) is 0 Å². The third-order valence-electron chi connectivity index (χ3n) is 2.45. The molecule has 1 aromatic heterocycles. The summed E-state index contributed by atoms with van der Waals surface area (Å²) in [5.41, 5.74) is 1.04. The third kappa shape index (κ3) is 2.58. The molecule has 0 aliphatic rings. The van der Waals surface area contributed by atoms with E-state index in [1.165, 1.54) is 7.11 Å². The van der Waals surface area contributed by atoms with Gasteiger partial charge in [-0.3, -0.25) is 4.79 Å². The van der Waals surface area contributed by atoms with Gasteiger partial charge in [-0.1, -0.05) is 20.8 Å². The van der Waals surface area contributed by atoms with Crippen LogP contribution in [0.2, 0.25) is 0 Å². The van der Waals surface area contributed by atoms with Crippen LogP contribution >= 0.6 is 0 Å². The van der Waals surface area contributed by atoms with E-state index in [2.05, 4.69) is 9.97 Å². The Bertz CT molecular complexity index is 331. The molecule has 1 N–H and O–H groups in total. The second-order valence-electron chi connectivity index (χ2n) is 3.89. The van der Waals surface area contributed by atoms with Gasteiger partial charge < -0.3 is 9.72 Å². The van der Waals surface area contributed by atoms with Crippen LogP contribution in [0.15, 0.2) is 6.20 Å². The molecule has 1 atom stereocenters. The molecule has 0 amide bonds. The Balaban J connectivity index is 2.93. The van der Waals surface area contributed by atoms with E-state index in [0.717, 1.165) is 12.1 Å². The molecule has 0 saturated heterocycles. The maximum absolute atomic E-state index is 11.6.